The van der Waals surface area contributed by atoms with Gasteiger partial charge in [0.1, 0.15) is 6.67 Å². The highest BCUT2D eigenvalue weighted by Gasteiger charge is 2.45. The molecule has 7 heteroatoms. The molecule has 0 spiro atoms. The lowest BCUT2D eigenvalue weighted by Crippen LogP contribution is -2.17. The van der Waals surface area contributed by atoms with Gasteiger partial charge in [0, 0.05) is 33.4 Å². The van der Waals surface area contributed by atoms with Gasteiger partial charge in [-0.05, 0) is 79.6 Å². The Bertz CT molecular complexity index is 1080. The Morgan fingerprint density at radius 1 is 1.27 bits per heavy atom. The van der Waals surface area contributed by atoms with Crippen LogP contribution in [0.5, 0.6) is 0 Å². The summed E-state index contributed by atoms with van der Waals surface area (Å²) in [5.41, 5.74) is 3.98. The van der Waals surface area contributed by atoms with E-state index in [0.717, 1.165) is 40.1 Å². The van der Waals surface area contributed by atoms with Crippen molar-refractivity contribution < 1.29 is 13.9 Å². The molecule has 1 saturated carbocycles. The van der Waals surface area contributed by atoms with Gasteiger partial charge in [-0.15, -0.1) is 11.3 Å². The van der Waals surface area contributed by atoms with Crippen LogP contribution in [-0.4, -0.2) is 23.9 Å². The monoisotopic (exact) mass is 444 g/mol. The van der Waals surface area contributed by atoms with Crippen LogP contribution in [0.4, 0.5) is 14.9 Å². The number of aromatic nitrogens is 1. The largest absolute Gasteiger partial charge is 0.447 e. The Labute approximate surface area is 184 Å². The Balaban J connectivity index is 1.54. The molecule has 0 radical (unpaired) electrons. The SMILES string of the molecule is CC(C)OC(=O)Nc1ccc(-c2cc(-c3ccnc(C4(CF)CC4)c3)cs2)c(Cl)c1. The summed E-state index contributed by atoms with van der Waals surface area (Å²) in [5.74, 6) is 0. The van der Waals surface area contributed by atoms with Gasteiger partial charge in [-0.1, -0.05) is 11.6 Å². The molecule has 30 heavy (non-hydrogen) atoms. The Kier molecular flexibility index (Phi) is 5.80. The predicted octanol–water partition coefficient (Wildman–Crippen LogP) is 7.09. The maximum absolute atomic E-state index is 13.4. The lowest BCUT2D eigenvalue weighted by atomic mass is 10.00. The number of nitrogens with one attached hydrogen (secondary N) is 1. The van der Waals surface area contributed by atoms with E-state index in [2.05, 4.69) is 21.7 Å². The molecule has 1 aliphatic rings. The van der Waals surface area contributed by atoms with Gasteiger partial charge in [0.15, 0.2) is 0 Å². The van der Waals surface area contributed by atoms with E-state index in [-0.39, 0.29) is 18.2 Å². The van der Waals surface area contributed by atoms with Gasteiger partial charge in [0.2, 0.25) is 0 Å². The summed E-state index contributed by atoms with van der Waals surface area (Å²) in [6.07, 6.45) is 2.76. The highest BCUT2D eigenvalue weighted by Crippen LogP contribution is 2.48. The number of halogens is 2. The van der Waals surface area contributed by atoms with E-state index in [9.17, 15) is 9.18 Å². The number of anilines is 1. The number of alkyl halides is 1. The molecule has 156 valence electrons. The number of benzene rings is 1. The van der Waals surface area contributed by atoms with Gasteiger partial charge < -0.3 is 4.74 Å². The molecule has 0 unspecified atom stereocenters. The molecular formula is C23H22ClFN2O2S. The number of nitrogens with zero attached hydrogens (tertiary/aromatic N) is 1. The van der Waals surface area contributed by atoms with Gasteiger partial charge in [0.25, 0.3) is 0 Å². The highest BCUT2D eigenvalue weighted by atomic mass is 35.5. The molecule has 0 atom stereocenters. The molecule has 2 aromatic heterocycles. The fourth-order valence-corrected chi connectivity index (χ4v) is 4.59. The van der Waals surface area contributed by atoms with Gasteiger partial charge in [-0.3, -0.25) is 14.7 Å². The van der Waals surface area contributed by atoms with Crippen molar-refractivity contribution in [3.63, 3.8) is 0 Å². The van der Waals surface area contributed by atoms with E-state index in [1.807, 2.05) is 18.2 Å². The number of hydrogen-bond donors (Lipinski definition) is 1. The second-order valence-corrected chi connectivity index (χ2v) is 9.14. The summed E-state index contributed by atoms with van der Waals surface area (Å²) < 4.78 is 18.5. The lowest BCUT2D eigenvalue weighted by molar-refractivity contribution is 0.130. The van der Waals surface area contributed by atoms with Crippen molar-refractivity contribution in [3.8, 4) is 21.6 Å². The summed E-state index contributed by atoms with van der Waals surface area (Å²) in [4.78, 5) is 17.2. The third-order valence-electron chi connectivity index (χ3n) is 5.17. The fourth-order valence-electron chi connectivity index (χ4n) is 3.29. The number of amides is 1. The number of carbonyl (C=O) groups is 1. The molecule has 1 aliphatic carbocycles. The van der Waals surface area contributed by atoms with Crippen LogP contribution in [0.3, 0.4) is 0 Å². The summed E-state index contributed by atoms with van der Waals surface area (Å²) in [7, 11) is 0. The Hall–Kier alpha value is -2.44. The van der Waals surface area contributed by atoms with Crippen molar-refractivity contribution in [2.45, 2.75) is 38.2 Å². The first-order valence-corrected chi connectivity index (χ1v) is 11.0. The standard InChI is InChI=1S/C23H22ClFN2O2S/c1-14(2)29-22(28)27-17-3-4-18(19(24)11-17)20-9-16(12-30-20)15-5-8-26-21(10-15)23(13-25)6-7-23/h3-5,8-12,14H,6-7,13H2,1-2H3,(H,27,28). The van der Waals surface area contributed by atoms with Gasteiger partial charge in [-0.25, -0.2) is 4.79 Å². The number of thiophene rings is 1. The van der Waals surface area contributed by atoms with Crippen LogP contribution >= 0.6 is 22.9 Å². The fraction of sp³-hybridized carbons (Fsp3) is 0.304. The summed E-state index contributed by atoms with van der Waals surface area (Å²) in [6, 6.07) is 11.4. The number of hydrogen-bond acceptors (Lipinski definition) is 4. The minimum atomic E-state index is -0.512. The number of carbonyl (C=O) groups excluding carboxylic acids is 1. The van der Waals surface area contributed by atoms with Crippen molar-refractivity contribution in [2.75, 3.05) is 12.0 Å². The van der Waals surface area contributed by atoms with Crippen LogP contribution < -0.4 is 5.32 Å². The Morgan fingerprint density at radius 2 is 2.07 bits per heavy atom. The van der Waals surface area contributed by atoms with Gasteiger partial charge in [0.05, 0.1) is 11.1 Å². The summed E-state index contributed by atoms with van der Waals surface area (Å²) in [5, 5.41) is 5.27. The minimum Gasteiger partial charge on any atom is -0.447 e. The second kappa shape index (κ2) is 8.36. The van der Waals surface area contributed by atoms with Crippen molar-refractivity contribution in [1.29, 1.82) is 0 Å². The highest BCUT2D eigenvalue weighted by molar-refractivity contribution is 7.14. The first kappa shape index (κ1) is 20.8. The minimum absolute atomic E-state index is 0.197. The van der Waals surface area contributed by atoms with Crippen molar-refractivity contribution in [1.82, 2.24) is 4.98 Å². The van der Waals surface area contributed by atoms with Gasteiger partial charge >= 0.3 is 6.09 Å². The van der Waals surface area contributed by atoms with Crippen LogP contribution in [0.1, 0.15) is 32.4 Å². The molecular weight excluding hydrogens is 423 g/mol. The quantitative estimate of drug-likeness (QED) is 0.441. The summed E-state index contributed by atoms with van der Waals surface area (Å²) in [6.45, 7) is 3.22. The van der Waals surface area contributed by atoms with Crippen LogP contribution in [0.15, 0.2) is 48.0 Å². The molecule has 0 saturated heterocycles. The molecule has 0 bridgehead atoms. The van der Waals surface area contributed by atoms with E-state index >= 15 is 0 Å². The Morgan fingerprint density at radius 3 is 2.73 bits per heavy atom. The molecule has 1 N–H and O–H groups in total. The molecule has 3 aromatic rings. The number of pyridine rings is 1. The summed E-state index contributed by atoms with van der Waals surface area (Å²) >= 11 is 8.07. The van der Waals surface area contributed by atoms with Gasteiger partial charge in [-0.2, -0.15) is 0 Å². The predicted molar refractivity (Wildman–Crippen MR) is 120 cm³/mol. The maximum atomic E-state index is 13.4. The zero-order chi connectivity index (χ0) is 21.3. The molecule has 1 amide bonds. The third kappa shape index (κ3) is 4.35. The first-order valence-electron chi connectivity index (χ1n) is 9.79. The van der Waals surface area contributed by atoms with Crippen molar-refractivity contribution >= 4 is 34.7 Å². The normalized spacial score (nSPS) is 14.6. The van der Waals surface area contributed by atoms with Crippen LogP contribution in [-0.2, 0) is 10.2 Å². The van der Waals surface area contributed by atoms with E-state index in [0.29, 0.717) is 10.7 Å². The zero-order valence-corrected chi connectivity index (χ0v) is 18.3. The lowest BCUT2D eigenvalue weighted by Gasteiger charge is -2.11. The topological polar surface area (TPSA) is 51.2 Å². The molecule has 2 heterocycles. The second-order valence-electron chi connectivity index (χ2n) is 7.82. The molecule has 1 aromatic carbocycles. The molecule has 1 fully saturated rings. The zero-order valence-electron chi connectivity index (χ0n) is 16.7. The van der Waals surface area contributed by atoms with E-state index in [1.165, 1.54) is 0 Å². The van der Waals surface area contributed by atoms with Crippen molar-refractivity contribution in [3.05, 3.63) is 58.7 Å². The van der Waals surface area contributed by atoms with E-state index < -0.39 is 6.09 Å². The number of rotatable bonds is 6. The van der Waals surface area contributed by atoms with Crippen LogP contribution in [0.25, 0.3) is 21.6 Å². The molecule has 0 aliphatic heterocycles. The maximum Gasteiger partial charge on any atom is 0.411 e. The van der Waals surface area contributed by atoms with Crippen LogP contribution in [0, 0.1) is 0 Å². The third-order valence-corrected chi connectivity index (χ3v) is 6.45. The molecule has 4 nitrogen and oxygen atoms in total. The molecule has 4 rings (SSSR count). The number of ether oxygens (including phenoxy) is 1. The smallest absolute Gasteiger partial charge is 0.411 e. The average molecular weight is 445 g/mol. The van der Waals surface area contributed by atoms with E-state index in [1.54, 1.807) is 43.5 Å². The van der Waals surface area contributed by atoms with Crippen molar-refractivity contribution in [2.24, 2.45) is 0 Å². The first-order chi connectivity index (χ1) is 14.4. The average Bonchev–Trinajstić information content (AvgIpc) is 3.37. The van der Waals surface area contributed by atoms with Crippen LogP contribution in [0.2, 0.25) is 5.02 Å². The van der Waals surface area contributed by atoms with E-state index in [4.69, 9.17) is 16.3 Å².